The molecule has 0 saturated carbocycles. The van der Waals surface area contributed by atoms with Gasteiger partial charge >= 0.3 is 5.97 Å². The lowest BCUT2D eigenvalue weighted by Crippen LogP contribution is -2.32. The Hall–Kier alpha value is -1.90. The molecule has 0 spiro atoms. The molecule has 0 saturated heterocycles. The maximum atomic E-state index is 13.0. The quantitative estimate of drug-likeness (QED) is 0.631. The number of ether oxygens (including phenoxy) is 1. The summed E-state index contributed by atoms with van der Waals surface area (Å²) < 4.78 is 37.1. The Morgan fingerprint density at radius 2 is 1.96 bits per heavy atom. The lowest BCUT2D eigenvalue weighted by Gasteiger charge is -2.21. The fraction of sp³-hybridized carbons (Fsp3) is 0.412. The standard InChI is InChI=1S/C17H21ClN2O5S/c1-12(2)8-9-20(10-16-19-15(11-25-16)17(21)24-3)26(22,23)14-6-4-13(18)5-7-14/h4-7,11-12H,8-10H2,1-3H3. The number of carbonyl (C=O) groups excluding carboxylic acids is 1. The summed E-state index contributed by atoms with van der Waals surface area (Å²) in [6.45, 7) is 4.22. The molecule has 0 bridgehead atoms. The Morgan fingerprint density at radius 3 is 2.54 bits per heavy atom. The van der Waals surface area contributed by atoms with Gasteiger partial charge in [0.2, 0.25) is 15.9 Å². The van der Waals surface area contributed by atoms with Crippen LogP contribution in [0.3, 0.4) is 0 Å². The number of benzene rings is 1. The van der Waals surface area contributed by atoms with Crippen LogP contribution in [0, 0.1) is 5.92 Å². The average Bonchev–Trinajstić information content (AvgIpc) is 3.06. The first kappa shape index (κ1) is 20.4. The normalized spacial score (nSPS) is 11.9. The van der Waals surface area contributed by atoms with Crippen molar-refractivity contribution in [2.75, 3.05) is 13.7 Å². The zero-order valence-corrected chi connectivity index (χ0v) is 16.4. The number of methoxy groups -OCH3 is 1. The van der Waals surface area contributed by atoms with E-state index in [4.69, 9.17) is 16.0 Å². The number of halogens is 1. The predicted molar refractivity (Wildman–Crippen MR) is 96.3 cm³/mol. The van der Waals surface area contributed by atoms with E-state index in [2.05, 4.69) is 9.72 Å². The number of carbonyl (C=O) groups is 1. The molecule has 0 atom stereocenters. The van der Waals surface area contributed by atoms with Crippen molar-refractivity contribution in [3.05, 3.63) is 47.1 Å². The minimum absolute atomic E-state index is 0.00444. The van der Waals surface area contributed by atoms with Crippen LogP contribution in [0.5, 0.6) is 0 Å². The van der Waals surface area contributed by atoms with Crippen LogP contribution in [0.25, 0.3) is 0 Å². The molecule has 0 unspecified atom stereocenters. The highest BCUT2D eigenvalue weighted by atomic mass is 35.5. The molecule has 7 nitrogen and oxygen atoms in total. The minimum atomic E-state index is -3.77. The molecule has 2 rings (SSSR count). The molecule has 2 aromatic rings. The Morgan fingerprint density at radius 1 is 1.31 bits per heavy atom. The molecular weight excluding hydrogens is 380 g/mol. The molecule has 0 aliphatic rings. The SMILES string of the molecule is COC(=O)c1coc(CN(CCC(C)C)S(=O)(=O)c2ccc(Cl)cc2)n1. The van der Waals surface area contributed by atoms with Crippen molar-refractivity contribution in [1.82, 2.24) is 9.29 Å². The molecule has 1 aromatic carbocycles. The first-order valence-electron chi connectivity index (χ1n) is 8.02. The van der Waals surface area contributed by atoms with E-state index in [-0.39, 0.29) is 23.0 Å². The van der Waals surface area contributed by atoms with Crippen LogP contribution in [-0.2, 0) is 21.3 Å². The predicted octanol–water partition coefficient (Wildman–Crippen LogP) is 3.35. The van der Waals surface area contributed by atoms with Gasteiger partial charge in [-0.2, -0.15) is 4.31 Å². The third-order valence-electron chi connectivity index (χ3n) is 3.67. The molecular formula is C17H21ClN2O5S. The minimum Gasteiger partial charge on any atom is -0.464 e. The molecule has 0 aliphatic heterocycles. The summed E-state index contributed by atoms with van der Waals surface area (Å²) >= 11 is 5.84. The second-order valence-corrected chi connectivity index (χ2v) is 8.47. The van der Waals surface area contributed by atoms with Crippen LogP contribution < -0.4 is 0 Å². The molecule has 0 radical (unpaired) electrons. The summed E-state index contributed by atoms with van der Waals surface area (Å²) in [6, 6.07) is 5.95. The lowest BCUT2D eigenvalue weighted by molar-refractivity contribution is 0.0594. The molecule has 0 aliphatic carbocycles. The largest absolute Gasteiger partial charge is 0.464 e. The van der Waals surface area contributed by atoms with E-state index in [0.29, 0.717) is 23.9 Å². The van der Waals surface area contributed by atoms with Crippen LogP contribution in [-0.4, -0.2) is 37.3 Å². The summed E-state index contributed by atoms with van der Waals surface area (Å²) in [5, 5.41) is 0.452. The maximum Gasteiger partial charge on any atom is 0.360 e. The molecule has 9 heteroatoms. The zero-order valence-electron chi connectivity index (χ0n) is 14.8. The second-order valence-electron chi connectivity index (χ2n) is 6.09. The van der Waals surface area contributed by atoms with Gasteiger partial charge in [-0.25, -0.2) is 18.2 Å². The average molecular weight is 401 g/mol. The van der Waals surface area contributed by atoms with Gasteiger partial charge in [-0.15, -0.1) is 0 Å². The van der Waals surface area contributed by atoms with E-state index in [9.17, 15) is 13.2 Å². The summed E-state index contributed by atoms with van der Waals surface area (Å²) in [5.74, 6) is -0.214. The molecule has 0 fully saturated rings. The van der Waals surface area contributed by atoms with E-state index >= 15 is 0 Å². The van der Waals surface area contributed by atoms with Crippen LogP contribution in [0.2, 0.25) is 5.02 Å². The maximum absolute atomic E-state index is 13.0. The topological polar surface area (TPSA) is 89.7 Å². The fourth-order valence-electron chi connectivity index (χ4n) is 2.17. The van der Waals surface area contributed by atoms with Crippen LogP contribution >= 0.6 is 11.6 Å². The molecule has 142 valence electrons. The van der Waals surface area contributed by atoms with Gasteiger partial charge in [0.25, 0.3) is 0 Å². The Labute approximate surface area is 158 Å². The Kier molecular flexibility index (Phi) is 6.80. The van der Waals surface area contributed by atoms with Crippen molar-refractivity contribution in [3.63, 3.8) is 0 Å². The smallest absolute Gasteiger partial charge is 0.360 e. The number of hydrogen-bond donors (Lipinski definition) is 0. The molecule has 26 heavy (non-hydrogen) atoms. The highest BCUT2D eigenvalue weighted by Crippen LogP contribution is 2.21. The van der Waals surface area contributed by atoms with E-state index in [1.54, 1.807) is 0 Å². The highest BCUT2D eigenvalue weighted by Gasteiger charge is 2.27. The van der Waals surface area contributed by atoms with Crippen molar-refractivity contribution < 1.29 is 22.4 Å². The monoisotopic (exact) mass is 400 g/mol. The van der Waals surface area contributed by atoms with Crippen molar-refractivity contribution in [2.45, 2.75) is 31.7 Å². The first-order valence-corrected chi connectivity index (χ1v) is 9.84. The summed E-state index contributed by atoms with van der Waals surface area (Å²) in [4.78, 5) is 15.6. The summed E-state index contributed by atoms with van der Waals surface area (Å²) in [5.41, 5.74) is -0.00444. The van der Waals surface area contributed by atoms with Crippen LogP contribution in [0.1, 0.15) is 36.6 Å². The summed E-state index contributed by atoms with van der Waals surface area (Å²) in [6.07, 6.45) is 1.81. The zero-order chi connectivity index (χ0) is 19.3. The number of sulfonamides is 1. The van der Waals surface area contributed by atoms with Gasteiger partial charge in [-0.05, 0) is 36.6 Å². The van der Waals surface area contributed by atoms with Gasteiger partial charge < -0.3 is 9.15 Å². The third-order valence-corrected chi connectivity index (χ3v) is 5.78. The van der Waals surface area contributed by atoms with Crippen LogP contribution in [0.4, 0.5) is 0 Å². The summed E-state index contributed by atoms with van der Waals surface area (Å²) in [7, 11) is -2.54. The Balaban J connectivity index is 2.29. The highest BCUT2D eigenvalue weighted by molar-refractivity contribution is 7.89. The van der Waals surface area contributed by atoms with Gasteiger partial charge in [-0.1, -0.05) is 25.4 Å². The van der Waals surface area contributed by atoms with Crippen molar-refractivity contribution >= 4 is 27.6 Å². The van der Waals surface area contributed by atoms with Gasteiger partial charge in [-0.3, -0.25) is 0 Å². The van der Waals surface area contributed by atoms with Crippen molar-refractivity contribution in [2.24, 2.45) is 5.92 Å². The van der Waals surface area contributed by atoms with Gasteiger partial charge in [0.15, 0.2) is 5.69 Å². The number of hydrogen-bond acceptors (Lipinski definition) is 6. The third kappa shape index (κ3) is 5.06. The Bertz CT molecular complexity index is 846. The van der Waals surface area contributed by atoms with Crippen molar-refractivity contribution in [1.29, 1.82) is 0 Å². The van der Waals surface area contributed by atoms with E-state index < -0.39 is 16.0 Å². The van der Waals surface area contributed by atoms with Gasteiger partial charge in [0.1, 0.15) is 6.26 Å². The number of aromatic nitrogens is 1. The number of oxazole rings is 1. The van der Waals surface area contributed by atoms with Crippen molar-refractivity contribution in [3.8, 4) is 0 Å². The number of esters is 1. The molecule has 1 aromatic heterocycles. The van der Waals surface area contributed by atoms with E-state index in [0.717, 1.165) is 6.26 Å². The fourth-order valence-corrected chi connectivity index (χ4v) is 3.71. The van der Waals surface area contributed by atoms with Gasteiger partial charge in [0.05, 0.1) is 18.6 Å². The van der Waals surface area contributed by atoms with E-state index in [1.807, 2.05) is 13.8 Å². The molecule has 0 N–H and O–H groups in total. The number of rotatable bonds is 8. The van der Waals surface area contributed by atoms with Crippen LogP contribution in [0.15, 0.2) is 39.8 Å². The first-order chi connectivity index (χ1) is 12.2. The molecule has 0 amide bonds. The lowest BCUT2D eigenvalue weighted by atomic mass is 10.1. The number of nitrogens with zero attached hydrogens (tertiary/aromatic N) is 2. The second kappa shape index (κ2) is 8.66. The molecule has 1 heterocycles. The van der Waals surface area contributed by atoms with Gasteiger partial charge in [0, 0.05) is 11.6 Å². The van der Waals surface area contributed by atoms with E-state index in [1.165, 1.54) is 35.7 Å².